The van der Waals surface area contributed by atoms with Crippen LogP contribution in [0.1, 0.15) is 39.5 Å². The van der Waals surface area contributed by atoms with Crippen molar-refractivity contribution in [3.8, 4) is 0 Å². The zero-order chi connectivity index (χ0) is 8.27. The fraction of sp³-hybridized carbons (Fsp3) is 0.800. The number of alkyl halides is 1. The largest absolute Gasteiger partial charge is 0.247 e. The molecule has 0 radical (unpaired) electrons. The minimum atomic E-state index is -0.569. The molecule has 0 spiro atoms. The normalized spacial score (nSPS) is 33.9. The lowest BCUT2D eigenvalue weighted by Gasteiger charge is -2.26. The van der Waals surface area contributed by atoms with Crippen molar-refractivity contribution in [2.75, 3.05) is 0 Å². The molecule has 1 fully saturated rings. The lowest BCUT2D eigenvalue weighted by atomic mass is 9.83. The summed E-state index contributed by atoms with van der Waals surface area (Å²) in [5, 5.41) is 0. The van der Waals surface area contributed by atoms with Gasteiger partial charge in [-0.25, -0.2) is 4.39 Å². The highest BCUT2D eigenvalue weighted by atomic mass is 19.1. The summed E-state index contributed by atoms with van der Waals surface area (Å²) in [6.45, 7) is 4.04. The molecule has 1 aliphatic rings. The van der Waals surface area contributed by atoms with Gasteiger partial charge in [-0.05, 0) is 26.7 Å². The van der Waals surface area contributed by atoms with Crippen molar-refractivity contribution >= 4 is 0 Å². The van der Waals surface area contributed by atoms with E-state index in [0.717, 1.165) is 19.3 Å². The van der Waals surface area contributed by atoms with Crippen LogP contribution in [0, 0.1) is 5.92 Å². The summed E-state index contributed by atoms with van der Waals surface area (Å²) >= 11 is 0. The van der Waals surface area contributed by atoms with E-state index >= 15 is 0 Å². The maximum absolute atomic E-state index is 13.2. The van der Waals surface area contributed by atoms with Crippen LogP contribution in [0.4, 0.5) is 4.39 Å². The Morgan fingerprint density at radius 3 is 2.55 bits per heavy atom. The van der Waals surface area contributed by atoms with Crippen LogP contribution in [0.15, 0.2) is 11.6 Å². The fourth-order valence-corrected chi connectivity index (χ4v) is 1.81. The molecule has 1 heteroatoms. The summed E-state index contributed by atoms with van der Waals surface area (Å²) in [4.78, 5) is 0. The highest BCUT2D eigenvalue weighted by molar-refractivity contribution is 5.05. The molecule has 0 aliphatic heterocycles. The van der Waals surface area contributed by atoms with Gasteiger partial charge in [-0.15, -0.1) is 0 Å². The maximum atomic E-state index is 13.2. The third kappa shape index (κ3) is 2.05. The quantitative estimate of drug-likeness (QED) is 0.510. The molecule has 0 aromatic carbocycles. The van der Waals surface area contributed by atoms with Crippen LogP contribution in [0.3, 0.4) is 0 Å². The first-order valence-corrected chi connectivity index (χ1v) is 4.52. The van der Waals surface area contributed by atoms with E-state index in [1.54, 1.807) is 0 Å². The van der Waals surface area contributed by atoms with Crippen LogP contribution < -0.4 is 0 Å². The van der Waals surface area contributed by atoms with Crippen molar-refractivity contribution in [1.82, 2.24) is 0 Å². The van der Waals surface area contributed by atoms with Crippen molar-refractivity contribution in [3.05, 3.63) is 11.6 Å². The third-order valence-electron chi connectivity index (χ3n) is 2.72. The Morgan fingerprint density at radius 1 is 1.36 bits per heavy atom. The third-order valence-corrected chi connectivity index (χ3v) is 2.72. The van der Waals surface area contributed by atoms with Crippen molar-refractivity contribution in [1.29, 1.82) is 0 Å². The summed E-state index contributed by atoms with van der Waals surface area (Å²) in [5.74, 6) is 0.230. The first-order chi connectivity index (χ1) is 5.25. The molecule has 2 atom stereocenters. The average Bonchev–Trinajstić information content (AvgIpc) is 2.04. The van der Waals surface area contributed by atoms with Gasteiger partial charge in [0.15, 0.2) is 0 Å². The Balaban J connectivity index is 2.54. The molecule has 0 heterocycles. The van der Waals surface area contributed by atoms with Gasteiger partial charge in [0.2, 0.25) is 0 Å². The van der Waals surface area contributed by atoms with Gasteiger partial charge < -0.3 is 0 Å². The standard InChI is InChI=1S/C10H17F/c1-3-8(2)9-6-4-5-7-10(9)11/h3,9-10H,4-7H2,1-2H3/b8-3+. The highest BCUT2D eigenvalue weighted by Crippen LogP contribution is 2.31. The summed E-state index contributed by atoms with van der Waals surface area (Å²) in [5.41, 5.74) is 1.23. The van der Waals surface area contributed by atoms with Gasteiger partial charge in [-0.2, -0.15) is 0 Å². The molecule has 1 aliphatic carbocycles. The number of hydrogen-bond acceptors (Lipinski definition) is 0. The van der Waals surface area contributed by atoms with Gasteiger partial charge in [0.05, 0.1) is 0 Å². The molecule has 1 saturated carbocycles. The van der Waals surface area contributed by atoms with Crippen molar-refractivity contribution in [2.24, 2.45) is 5.92 Å². The zero-order valence-electron chi connectivity index (χ0n) is 7.44. The Bertz CT molecular complexity index is 149. The van der Waals surface area contributed by atoms with E-state index in [1.165, 1.54) is 12.0 Å². The van der Waals surface area contributed by atoms with Crippen molar-refractivity contribution in [3.63, 3.8) is 0 Å². The molecule has 0 saturated heterocycles. The Morgan fingerprint density at radius 2 is 2.00 bits per heavy atom. The van der Waals surface area contributed by atoms with Crippen LogP contribution in [0.25, 0.3) is 0 Å². The maximum Gasteiger partial charge on any atom is 0.107 e. The minimum Gasteiger partial charge on any atom is -0.247 e. The molecular formula is C10H17F. The second-order valence-electron chi connectivity index (χ2n) is 3.44. The van der Waals surface area contributed by atoms with E-state index in [9.17, 15) is 4.39 Å². The molecule has 2 unspecified atom stereocenters. The van der Waals surface area contributed by atoms with E-state index in [4.69, 9.17) is 0 Å². The van der Waals surface area contributed by atoms with E-state index in [0.29, 0.717) is 0 Å². The van der Waals surface area contributed by atoms with Gasteiger partial charge in [-0.3, -0.25) is 0 Å². The molecular weight excluding hydrogens is 139 g/mol. The van der Waals surface area contributed by atoms with Gasteiger partial charge in [0.25, 0.3) is 0 Å². The topological polar surface area (TPSA) is 0 Å². The minimum absolute atomic E-state index is 0.230. The predicted molar refractivity (Wildman–Crippen MR) is 46.3 cm³/mol. The summed E-state index contributed by atoms with van der Waals surface area (Å²) in [6, 6.07) is 0. The van der Waals surface area contributed by atoms with Crippen molar-refractivity contribution in [2.45, 2.75) is 45.7 Å². The number of rotatable bonds is 1. The molecule has 64 valence electrons. The molecule has 11 heavy (non-hydrogen) atoms. The molecule has 0 N–H and O–H groups in total. The van der Waals surface area contributed by atoms with Gasteiger partial charge in [0, 0.05) is 5.92 Å². The number of allylic oxidation sites excluding steroid dienone is 2. The van der Waals surface area contributed by atoms with E-state index < -0.39 is 6.17 Å². The fourth-order valence-electron chi connectivity index (χ4n) is 1.81. The highest BCUT2D eigenvalue weighted by Gasteiger charge is 2.25. The summed E-state index contributed by atoms with van der Waals surface area (Å²) in [7, 11) is 0. The smallest absolute Gasteiger partial charge is 0.107 e. The van der Waals surface area contributed by atoms with Gasteiger partial charge in [0.1, 0.15) is 6.17 Å². The summed E-state index contributed by atoms with van der Waals surface area (Å²) < 4.78 is 13.2. The monoisotopic (exact) mass is 156 g/mol. The molecule has 0 aromatic rings. The van der Waals surface area contributed by atoms with Crippen LogP contribution in [-0.4, -0.2) is 6.17 Å². The second kappa shape index (κ2) is 3.89. The molecule has 0 bridgehead atoms. The average molecular weight is 156 g/mol. The molecule has 0 amide bonds. The first-order valence-electron chi connectivity index (χ1n) is 4.52. The van der Waals surface area contributed by atoms with Crippen LogP contribution in [-0.2, 0) is 0 Å². The molecule has 0 nitrogen and oxygen atoms in total. The summed E-state index contributed by atoms with van der Waals surface area (Å²) in [6.07, 6.45) is 5.58. The molecule has 1 rings (SSSR count). The Hall–Kier alpha value is -0.330. The van der Waals surface area contributed by atoms with Crippen molar-refractivity contribution < 1.29 is 4.39 Å². The van der Waals surface area contributed by atoms with Gasteiger partial charge >= 0.3 is 0 Å². The van der Waals surface area contributed by atoms with E-state index in [-0.39, 0.29) is 5.92 Å². The van der Waals surface area contributed by atoms with Crippen LogP contribution in [0.5, 0.6) is 0 Å². The predicted octanol–water partition coefficient (Wildman–Crippen LogP) is 3.48. The lowest BCUT2D eigenvalue weighted by Crippen LogP contribution is -2.21. The van der Waals surface area contributed by atoms with Crippen LogP contribution >= 0.6 is 0 Å². The number of hydrogen-bond donors (Lipinski definition) is 0. The SMILES string of the molecule is C/C=C(\C)C1CCCCC1F. The van der Waals surface area contributed by atoms with Gasteiger partial charge in [-0.1, -0.05) is 24.5 Å². The zero-order valence-corrected chi connectivity index (χ0v) is 7.44. The lowest BCUT2D eigenvalue weighted by molar-refractivity contribution is 0.190. The number of halogens is 1. The van der Waals surface area contributed by atoms with E-state index in [2.05, 4.69) is 0 Å². The molecule has 0 aromatic heterocycles. The van der Waals surface area contributed by atoms with E-state index in [1.807, 2.05) is 19.9 Å². The van der Waals surface area contributed by atoms with Crippen LogP contribution in [0.2, 0.25) is 0 Å². The first kappa shape index (κ1) is 8.76. The second-order valence-corrected chi connectivity index (χ2v) is 3.44. The Labute approximate surface area is 68.5 Å². The Kier molecular flexibility index (Phi) is 3.10.